The van der Waals surface area contributed by atoms with Crippen LogP contribution in [0.2, 0.25) is 0 Å². The molecule has 84 valence electrons. The molecule has 0 heterocycles. The predicted molar refractivity (Wildman–Crippen MR) is 59.1 cm³/mol. The largest absolute Gasteiger partial charge is 0.393 e. The van der Waals surface area contributed by atoms with Crippen molar-refractivity contribution in [3.63, 3.8) is 0 Å². The Kier molecular flexibility index (Phi) is 4.64. The molecule has 0 aromatic heterocycles. The molecule has 0 aromatic rings. The SMILES string of the molecule is C#CCN(CC1CC1)C(=O)CCC(C)O. The smallest absolute Gasteiger partial charge is 0.223 e. The fraction of sp³-hybridized carbons (Fsp3) is 0.750. The van der Waals surface area contributed by atoms with Gasteiger partial charge in [0, 0.05) is 13.0 Å². The lowest BCUT2D eigenvalue weighted by molar-refractivity contribution is -0.131. The van der Waals surface area contributed by atoms with E-state index in [2.05, 4.69) is 5.92 Å². The summed E-state index contributed by atoms with van der Waals surface area (Å²) in [5.41, 5.74) is 0. The van der Waals surface area contributed by atoms with E-state index in [1.165, 1.54) is 12.8 Å². The normalized spacial score (nSPS) is 16.9. The number of carbonyl (C=O) groups excluding carboxylic acids is 1. The third-order valence-corrected chi connectivity index (χ3v) is 2.59. The lowest BCUT2D eigenvalue weighted by Gasteiger charge is -2.20. The average Bonchev–Trinajstić information content (AvgIpc) is 2.97. The Morgan fingerprint density at radius 2 is 2.33 bits per heavy atom. The van der Waals surface area contributed by atoms with Crippen molar-refractivity contribution in [1.29, 1.82) is 0 Å². The van der Waals surface area contributed by atoms with Gasteiger partial charge in [-0.1, -0.05) is 5.92 Å². The molecule has 1 atom stereocenters. The van der Waals surface area contributed by atoms with Gasteiger partial charge in [0.05, 0.1) is 12.6 Å². The zero-order chi connectivity index (χ0) is 11.3. The molecule has 1 saturated carbocycles. The van der Waals surface area contributed by atoms with E-state index in [1.807, 2.05) is 0 Å². The van der Waals surface area contributed by atoms with Crippen LogP contribution in [-0.4, -0.2) is 35.1 Å². The van der Waals surface area contributed by atoms with Crippen molar-refractivity contribution in [3.8, 4) is 12.3 Å². The van der Waals surface area contributed by atoms with Crippen molar-refractivity contribution in [3.05, 3.63) is 0 Å². The number of nitrogens with zero attached hydrogens (tertiary/aromatic N) is 1. The maximum Gasteiger partial charge on any atom is 0.223 e. The van der Waals surface area contributed by atoms with Gasteiger partial charge in [-0.3, -0.25) is 4.79 Å². The minimum Gasteiger partial charge on any atom is -0.393 e. The first-order valence-corrected chi connectivity index (χ1v) is 5.52. The van der Waals surface area contributed by atoms with Gasteiger partial charge in [-0.2, -0.15) is 0 Å². The average molecular weight is 209 g/mol. The first-order valence-electron chi connectivity index (χ1n) is 5.52. The van der Waals surface area contributed by atoms with Gasteiger partial charge in [0.15, 0.2) is 0 Å². The summed E-state index contributed by atoms with van der Waals surface area (Å²) in [5.74, 6) is 3.24. The van der Waals surface area contributed by atoms with Gasteiger partial charge < -0.3 is 10.0 Å². The van der Waals surface area contributed by atoms with E-state index in [4.69, 9.17) is 11.5 Å². The molecule has 1 rings (SSSR count). The highest BCUT2D eigenvalue weighted by atomic mass is 16.3. The van der Waals surface area contributed by atoms with E-state index >= 15 is 0 Å². The van der Waals surface area contributed by atoms with E-state index in [0.717, 1.165) is 6.54 Å². The van der Waals surface area contributed by atoms with Crippen LogP contribution in [0.4, 0.5) is 0 Å². The highest BCUT2D eigenvalue weighted by molar-refractivity contribution is 5.76. The third-order valence-electron chi connectivity index (χ3n) is 2.59. The first-order chi connectivity index (χ1) is 7.13. The molecule has 0 bridgehead atoms. The van der Waals surface area contributed by atoms with Crippen molar-refractivity contribution < 1.29 is 9.90 Å². The molecule has 1 aliphatic rings. The molecule has 1 N–H and O–H groups in total. The highest BCUT2D eigenvalue weighted by Gasteiger charge is 2.26. The number of aliphatic hydroxyl groups excluding tert-OH is 1. The Balaban J connectivity index is 2.32. The Hall–Kier alpha value is -1.01. The lowest BCUT2D eigenvalue weighted by Crippen LogP contribution is -2.33. The predicted octanol–water partition coefficient (Wildman–Crippen LogP) is 1.02. The zero-order valence-electron chi connectivity index (χ0n) is 9.28. The molecule has 3 heteroatoms. The van der Waals surface area contributed by atoms with Gasteiger partial charge in [-0.05, 0) is 32.1 Å². The quantitative estimate of drug-likeness (QED) is 0.663. The summed E-state index contributed by atoms with van der Waals surface area (Å²) in [6.07, 6.45) is 8.15. The zero-order valence-corrected chi connectivity index (χ0v) is 9.28. The van der Waals surface area contributed by atoms with Crippen molar-refractivity contribution >= 4 is 5.91 Å². The summed E-state index contributed by atoms with van der Waals surface area (Å²) in [7, 11) is 0. The molecule has 0 aliphatic heterocycles. The van der Waals surface area contributed by atoms with Gasteiger partial charge in [0.2, 0.25) is 5.91 Å². The topological polar surface area (TPSA) is 40.5 Å². The molecule has 0 spiro atoms. The van der Waals surface area contributed by atoms with E-state index in [9.17, 15) is 4.79 Å². The minimum absolute atomic E-state index is 0.0701. The Labute approximate surface area is 91.5 Å². The molecule has 15 heavy (non-hydrogen) atoms. The summed E-state index contributed by atoms with van der Waals surface area (Å²) in [6.45, 7) is 2.89. The molecular weight excluding hydrogens is 190 g/mol. The standard InChI is InChI=1S/C12H19NO2/c1-3-8-13(9-11-5-6-11)12(15)7-4-10(2)14/h1,10-11,14H,4-9H2,2H3. The van der Waals surface area contributed by atoms with E-state index < -0.39 is 6.10 Å². The van der Waals surface area contributed by atoms with Gasteiger partial charge >= 0.3 is 0 Å². The molecule has 1 fully saturated rings. The van der Waals surface area contributed by atoms with Crippen molar-refractivity contribution in [2.45, 2.75) is 38.7 Å². The molecule has 0 radical (unpaired) electrons. The van der Waals surface area contributed by atoms with Crippen LogP contribution in [-0.2, 0) is 4.79 Å². The summed E-state index contributed by atoms with van der Waals surface area (Å²) < 4.78 is 0. The van der Waals surface area contributed by atoms with Crippen molar-refractivity contribution in [1.82, 2.24) is 4.90 Å². The van der Waals surface area contributed by atoms with Crippen LogP contribution in [0.1, 0.15) is 32.6 Å². The number of terminal acetylenes is 1. The molecule has 0 saturated heterocycles. The van der Waals surface area contributed by atoms with Crippen LogP contribution >= 0.6 is 0 Å². The molecule has 1 unspecified atom stereocenters. The molecule has 1 aliphatic carbocycles. The Morgan fingerprint density at radius 3 is 2.80 bits per heavy atom. The van der Waals surface area contributed by atoms with E-state index in [0.29, 0.717) is 25.3 Å². The number of amides is 1. The molecule has 0 aromatic carbocycles. The van der Waals surface area contributed by atoms with Crippen LogP contribution in [0, 0.1) is 18.3 Å². The van der Waals surface area contributed by atoms with Crippen LogP contribution in [0.5, 0.6) is 0 Å². The number of aliphatic hydroxyl groups is 1. The van der Waals surface area contributed by atoms with Gasteiger partial charge in [-0.15, -0.1) is 6.42 Å². The van der Waals surface area contributed by atoms with E-state index in [-0.39, 0.29) is 5.91 Å². The van der Waals surface area contributed by atoms with Gasteiger partial charge in [-0.25, -0.2) is 0 Å². The van der Waals surface area contributed by atoms with Crippen molar-refractivity contribution in [2.75, 3.05) is 13.1 Å². The second kappa shape index (κ2) is 5.77. The second-order valence-electron chi connectivity index (χ2n) is 4.31. The monoisotopic (exact) mass is 209 g/mol. The number of carbonyl (C=O) groups is 1. The van der Waals surface area contributed by atoms with Crippen molar-refractivity contribution in [2.24, 2.45) is 5.92 Å². The highest BCUT2D eigenvalue weighted by Crippen LogP contribution is 2.29. The molecular formula is C12H19NO2. The Bertz CT molecular complexity index is 251. The lowest BCUT2D eigenvalue weighted by atomic mass is 10.2. The first kappa shape index (κ1) is 12.1. The number of rotatable bonds is 6. The van der Waals surface area contributed by atoms with Gasteiger partial charge in [0.1, 0.15) is 0 Å². The maximum absolute atomic E-state index is 11.7. The fourth-order valence-corrected chi connectivity index (χ4v) is 1.47. The van der Waals surface area contributed by atoms with Crippen LogP contribution in [0.25, 0.3) is 0 Å². The maximum atomic E-state index is 11.7. The van der Waals surface area contributed by atoms with Crippen LogP contribution in [0.3, 0.4) is 0 Å². The molecule has 3 nitrogen and oxygen atoms in total. The number of hydrogen-bond donors (Lipinski definition) is 1. The fourth-order valence-electron chi connectivity index (χ4n) is 1.47. The summed E-state index contributed by atoms with van der Waals surface area (Å²) in [6, 6.07) is 0. The second-order valence-corrected chi connectivity index (χ2v) is 4.31. The summed E-state index contributed by atoms with van der Waals surface area (Å²) >= 11 is 0. The van der Waals surface area contributed by atoms with Gasteiger partial charge in [0.25, 0.3) is 0 Å². The summed E-state index contributed by atoms with van der Waals surface area (Å²) in [5, 5.41) is 9.10. The third kappa shape index (κ3) is 4.85. The number of hydrogen-bond acceptors (Lipinski definition) is 2. The van der Waals surface area contributed by atoms with Crippen LogP contribution in [0.15, 0.2) is 0 Å². The minimum atomic E-state index is -0.414. The summed E-state index contributed by atoms with van der Waals surface area (Å²) in [4.78, 5) is 13.5. The Morgan fingerprint density at radius 1 is 1.67 bits per heavy atom. The molecule has 1 amide bonds. The van der Waals surface area contributed by atoms with E-state index in [1.54, 1.807) is 11.8 Å². The van der Waals surface area contributed by atoms with Crippen LogP contribution < -0.4 is 0 Å².